The predicted octanol–water partition coefficient (Wildman–Crippen LogP) is 6.01. The molecule has 4 saturated carbocycles. The van der Waals surface area contributed by atoms with E-state index in [1.165, 1.54) is 51.4 Å². The summed E-state index contributed by atoms with van der Waals surface area (Å²) >= 11 is 3.45. The average Bonchev–Trinajstić information content (AvgIpc) is 2.98. The molecule has 148 valence electrons. The maximum atomic E-state index is 12.6. The van der Waals surface area contributed by atoms with Gasteiger partial charge in [0, 0.05) is 12.5 Å². The summed E-state index contributed by atoms with van der Waals surface area (Å²) in [5, 5.41) is 0.546. The Bertz CT molecular complexity index is 548. The van der Waals surface area contributed by atoms with Crippen LogP contribution in [0.3, 0.4) is 0 Å². The maximum Gasteiger partial charge on any atom is 0.147 e. The lowest BCUT2D eigenvalue weighted by Gasteiger charge is -2.61. The number of ketones is 1. The van der Waals surface area contributed by atoms with Gasteiger partial charge in [-0.3, -0.25) is 4.79 Å². The Morgan fingerprint density at radius 1 is 1.00 bits per heavy atom. The number of rotatable bonds is 4. The van der Waals surface area contributed by atoms with Crippen molar-refractivity contribution in [1.29, 1.82) is 0 Å². The molecule has 4 fully saturated rings. The van der Waals surface area contributed by atoms with Crippen LogP contribution in [0, 0.1) is 40.4 Å². The van der Waals surface area contributed by atoms with Gasteiger partial charge in [-0.05, 0) is 99.2 Å². The van der Waals surface area contributed by atoms with E-state index in [9.17, 15) is 4.79 Å². The number of hydrogen-bond donors (Lipinski definition) is 0. The lowest BCUT2D eigenvalue weighted by Crippen LogP contribution is -2.54. The van der Waals surface area contributed by atoms with Gasteiger partial charge < -0.3 is 4.74 Å². The molecule has 8 unspecified atom stereocenters. The van der Waals surface area contributed by atoms with Gasteiger partial charge in [0.25, 0.3) is 0 Å². The monoisotopic (exact) mass is 424 g/mol. The molecular formula is C23H37BrO2. The van der Waals surface area contributed by atoms with Crippen molar-refractivity contribution in [2.75, 3.05) is 11.9 Å². The molecule has 2 nitrogen and oxygen atoms in total. The molecule has 0 radical (unpaired) electrons. The third-order valence-corrected chi connectivity index (χ3v) is 10.0. The Morgan fingerprint density at radius 2 is 1.73 bits per heavy atom. The number of Topliss-reactive ketones (excluding diaryl/α,β-unsaturated/α-hetero) is 1. The number of ether oxygens (including phenoxy) is 1. The molecule has 0 bridgehead atoms. The summed E-state index contributed by atoms with van der Waals surface area (Å²) in [6.07, 6.45) is 12.3. The van der Waals surface area contributed by atoms with Gasteiger partial charge in [-0.25, -0.2) is 0 Å². The fraction of sp³-hybridized carbons (Fsp3) is 0.957. The zero-order valence-electron chi connectivity index (χ0n) is 16.9. The fourth-order valence-corrected chi connectivity index (χ4v) is 8.70. The molecule has 0 aliphatic heterocycles. The van der Waals surface area contributed by atoms with E-state index in [2.05, 4.69) is 36.7 Å². The highest BCUT2D eigenvalue weighted by Crippen LogP contribution is 2.67. The molecule has 3 heteroatoms. The van der Waals surface area contributed by atoms with Crippen LogP contribution in [0.5, 0.6) is 0 Å². The molecule has 8 atom stereocenters. The largest absolute Gasteiger partial charge is 0.378 e. The first-order chi connectivity index (χ1) is 12.4. The van der Waals surface area contributed by atoms with Gasteiger partial charge >= 0.3 is 0 Å². The number of hydrogen-bond acceptors (Lipinski definition) is 2. The topological polar surface area (TPSA) is 26.3 Å². The second-order valence-electron chi connectivity index (χ2n) is 10.3. The van der Waals surface area contributed by atoms with Gasteiger partial charge in [-0.15, -0.1) is 0 Å². The van der Waals surface area contributed by atoms with E-state index in [4.69, 9.17) is 4.74 Å². The van der Waals surface area contributed by atoms with Crippen molar-refractivity contribution in [2.24, 2.45) is 40.4 Å². The van der Waals surface area contributed by atoms with Crippen LogP contribution in [0.15, 0.2) is 0 Å². The maximum absolute atomic E-state index is 12.6. The summed E-state index contributed by atoms with van der Waals surface area (Å²) in [6, 6.07) is 0. The van der Waals surface area contributed by atoms with Crippen LogP contribution in [0.1, 0.15) is 78.6 Å². The second kappa shape index (κ2) is 7.17. The minimum atomic E-state index is 0.267. The highest BCUT2D eigenvalue weighted by atomic mass is 79.9. The van der Waals surface area contributed by atoms with Crippen LogP contribution in [-0.4, -0.2) is 23.8 Å². The van der Waals surface area contributed by atoms with E-state index in [0.717, 1.165) is 36.7 Å². The number of fused-ring (bicyclic) bond motifs is 5. The minimum Gasteiger partial charge on any atom is -0.378 e. The third kappa shape index (κ3) is 2.86. The predicted molar refractivity (Wildman–Crippen MR) is 109 cm³/mol. The van der Waals surface area contributed by atoms with E-state index in [1.54, 1.807) is 0 Å². The molecule has 4 rings (SSSR count). The van der Waals surface area contributed by atoms with Gasteiger partial charge in [0.05, 0.1) is 11.4 Å². The number of carbonyl (C=O) groups is 1. The summed E-state index contributed by atoms with van der Waals surface area (Å²) in [5.41, 5.74) is 0.739. The van der Waals surface area contributed by atoms with Gasteiger partial charge in [0.15, 0.2) is 0 Å². The SMILES string of the molecule is CCOC1CCC2CCC3C(CCC4(C)C(C(=O)CBr)CCC34)C2(C)C1. The zero-order chi connectivity index (χ0) is 18.5. The van der Waals surface area contributed by atoms with Crippen molar-refractivity contribution in [3.8, 4) is 0 Å². The number of alkyl halides is 1. The second-order valence-corrected chi connectivity index (χ2v) is 10.9. The van der Waals surface area contributed by atoms with Crippen molar-refractivity contribution in [2.45, 2.75) is 84.7 Å². The van der Waals surface area contributed by atoms with E-state index >= 15 is 0 Å². The summed E-state index contributed by atoms with van der Waals surface area (Å²) in [5.74, 6) is 4.16. The molecule has 4 aliphatic carbocycles. The average molecular weight is 425 g/mol. The Morgan fingerprint density at radius 3 is 2.46 bits per heavy atom. The molecule has 0 aromatic rings. The molecule has 0 aromatic carbocycles. The first-order valence-electron chi connectivity index (χ1n) is 11.1. The minimum absolute atomic E-state index is 0.267. The first-order valence-corrected chi connectivity index (χ1v) is 12.3. The van der Waals surface area contributed by atoms with Gasteiger partial charge in [-0.1, -0.05) is 29.8 Å². The van der Waals surface area contributed by atoms with Crippen LogP contribution < -0.4 is 0 Å². The zero-order valence-corrected chi connectivity index (χ0v) is 18.5. The van der Waals surface area contributed by atoms with E-state index < -0.39 is 0 Å². The molecule has 0 spiro atoms. The molecular weight excluding hydrogens is 388 g/mol. The lowest BCUT2D eigenvalue weighted by molar-refractivity contribution is -0.144. The van der Waals surface area contributed by atoms with Crippen molar-refractivity contribution < 1.29 is 9.53 Å². The molecule has 4 aliphatic rings. The van der Waals surface area contributed by atoms with E-state index in [1.807, 2.05) is 0 Å². The Balaban J connectivity index is 1.57. The smallest absolute Gasteiger partial charge is 0.147 e. The normalized spacial score (nSPS) is 50.6. The fourth-order valence-electron chi connectivity index (χ4n) is 8.31. The Hall–Kier alpha value is 0.110. The van der Waals surface area contributed by atoms with Crippen LogP contribution in [0.2, 0.25) is 0 Å². The summed E-state index contributed by atoms with van der Waals surface area (Å²) < 4.78 is 6.10. The van der Waals surface area contributed by atoms with Crippen molar-refractivity contribution >= 4 is 21.7 Å². The molecule has 0 heterocycles. The van der Waals surface area contributed by atoms with Crippen LogP contribution in [0.25, 0.3) is 0 Å². The molecule has 26 heavy (non-hydrogen) atoms. The van der Waals surface area contributed by atoms with Crippen LogP contribution >= 0.6 is 15.9 Å². The summed E-state index contributed by atoms with van der Waals surface area (Å²) in [6.45, 7) is 8.07. The highest BCUT2D eigenvalue weighted by molar-refractivity contribution is 9.09. The molecule has 0 aromatic heterocycles. The quantitative estimate of drug-likeness (QED) is 0.516. The summed E-state index contributed by atoms with van der Waals surface area (Å²) in [4.78, 5) is 12.6. The Kier molecular flexibility index (Phi) is 5.36. The van der Waals surface area contributed by atoms with Gasteiger partial charge in [-0.2, -0.15) is 0 Å². The van der Waals surface area contributed by atoms with Crippen molar-refractivity contribution in [3.63, 3.8) is 0 Å². The van der Waals surface area contributed by atoms with E-state index in [0.29, 0.717) is 28.6 Å². The van der Waals surface area contributed by atoms with Crippen LogP contribution in [0.4, 0.5) is 0 Å². The molecule has 0 amide bonds. The standard InChI is InChI=1S/C23H37BrO2/c1-4-26-16-7-5-15-6-8-17-18-9-10-20(21(25)14-24)22(18,2)12-11-19(17)23(15,3)13-16/h15-20H,4-14H2,1-3H3. The Labute approximate surface area is 168 Å². The molecule has 0 N–H and O–H groups in total. The van der Waals surface area contributed by atoms with Crippen molar-refractivity contribution in [1.82, 2.24) is 0 Å². The van der Waals surface area contributed by atoms with Crippen LogP contribution in [-0.2, 0) is 9.53 Å². The molecule has 0 saturated heterocycles. The number of carbonyl (C=O) groups excluding carboxylic acids is 1. The lowest BCUT2D eigenvalue weighted by atomic mass is 9.44. The number of halogens is 1. The van der Waals surface area contributed by atoms with Gasteiger partial charge in [0.2, 0.25) is 0 Å². The van der Waals surface area contributed by atoms with Gasteiger partial charge in [0.1, 0.15) is 5.78 Å². The highest BCUT2D eigenvalue weighted by Gasteiger charge is 2.61. The summed E-state index contributed by atoms with van der Waals surface area (Å²) in [7, 11) is 0. The third-order valence-electron chi connectivity index (χ3n) is 9.49. The van der Waals surface area contributed by atoms with Crippen molar-refractivity contribution in [3.05, 3.63) is 0 Å². The first kappa shape index (κ1) is 19.4. The van der Waals surface area contributed by atoms with E-state index in [-0.39, 0.29) is 5.41 Å².